The maximum Gasteiger partial charge on any atom is 0.223 e. The number of unbranched alkanes of at least 4 members (excludes halogenated alkanes) is 1. The number of hydrogen-bond donors (Lipinski definition) is 0. The molecule has 1 atom stereocenters. The van der Waals surface area contributed by atoms with Crippen molar-refractivity contribution in [1.29, 1.82) is 0 Å². The average molecular weight is 413 g/mol. The second-order valence-electron chi connectivity index (χ2n) is 7.29. The van der Waals surface area contributed by atoms with Gasteiger partial charge in [0.15, 0.2) is 0 Å². The second kappa shape index (κ2) is 10.3. The lowest BCUT2D eigenvalue weighted by molar-refractivity contribution is -0.131. The summed E-state index contributed by atoms with van der Waals surface area (Å²) in [5, 5.41) is 11.2. The SMILES string of the molecule is Cc1csc([C@@H](C)N(C)C(=O)CCc2nnc(CCCCc3ccccc3)o2)n1. The normalized spacial score (nSPS) is 12.1. The van der Waals surface area contributed by atoms with Gasteiger partial charge in [0.05, 0.1) is 6.04 Å². The molecule has 0 saturated carbocycles. The van der Waals surface area contributed by atoms with Crippen molar-refractivity contribution in [2.75, 3.05) is 7.05 Å². The van der Waals surface area contributed by atoms with Gasteiger partial charge in [0, 0.05) is 37.4 Å². The third-order valence-electron chi connectivity index (χ3n) is 4.98. The minimum absolute atomic E-state index is 0.0379. The highest BCUT2D eigenvalue weighted by atomic mass is 32.1. The number of hydrogen-bond acceptors (Lipinski definition) is 6. The van der Waals surface area contributed by atoms with Gasteiger partial charge in [0.2, 0.25) is 17.7 Å². The molecule has 3 aromatic rings. The lowest BCUT2D eigenvalue weighted by Gasteiger charge is -2.23. The van der Waals surface area contributed by atoms with Gasteiger partial charge in [-0.05, 0) is 38.7 Å². The number of carbonyl (C=O) groups excluding carboxylic acids is 1. The van der Waals surface area contributed by atoms with Crippen LogP contribution in [0, 0.1) is 6.92 Å². The van der Waals surface area contributed by atoms with Crippen LogP contribution in [0.25, 0.3) is 0 Å². The Bertz CT molecular complexity index is 906. The number of carbonyl (C=O) groups is 1. The molecule has 0 spiro atoms. The van der Waals surface area contributed by atoms with Gasteiger partial charge in [0.1, 0.15) is 5.01 Å². The van der Waals surface area contributed by atoms with E-state index in [-0.39, 0.29) is 11.9 Å². The zero-order chi connectivity index (χ0) is 20.6. The summed E-state index contributed by atoms with van der Waals surface area (Å²) in [5.74, 6) is 1.23. The number of aromatic nitrogens is 3. The number of aryl methyl sites for hydroxylation is 4. The van der Waals surface area contributed by atoms with Crippen LogP contribution in [0.5, 0.6) is 0 Å². The van der Waals surface area contributed by atoms with Crippen molar-refractivity contribution in [2.24, 2.45) is 0 Å². The second-order valence-corrected chi connectivity index (χ2v) is 8.18. The van der Waals surface area contributed by atoms with E-state index in [4.69, 9.17) is 4.42 Å². The van der Waals surface area contributed by atoms with Crippen LogP contribution in [0.3, 0.4) is 0 Å². The summed E-state index contributed by atoms with van der Waals surface area (Å²) in [7, 11) is 1.82. The fourth-order valence-corrected chi connectivity index (χ4v) is 3.97. The molecule has 0 radical (unpaired) electrons. The van der Waals surface area contributed by atoms with Crippen molar-refractivity contribution >= 4 is 17.2 Å². The highest BCUT2D eigenvalue weighted by molar-refractivity contribution is 7.09. The third-order valence-corrected chi connectivity index (χ3v) is 6.11. The first-order valence-electron chi connectivity index (χ1n) is 10.1. The molecule has 29 heavy (non-hydrogen) atoms. The highest BCUT2D eigenvalue weighted by Crippen LogP contribution is 2.23. The van der Waals surface area contributed by atoms with Crippen LogP contribution < -0.4 is 0 Å². The quantitative estimate of drug-likeness (QED) is 0.457. The Morgan fingerprint density at radius 3 is 2.48 bits per heavy atom. The van der Waals surface area contributed by atoms with E-state index in [1.807, 2.05) is 32.3 Å². The van der Waals surface area contributed by atoms with E-state index in [9.17, 15) is 4.79 Å². The number of rotatable bonds is 10. The first-order chi connectivity index (χ1) is 14.0. The Labute approximate surface area is 176 Å². The topological polar surface area (TPSA) is 72.1 Å². The number of nitrogens with zero attached hydrogens (tertiary/aromatic N) is 4. The number of amides is 1. The summed E-state index contributed by atoms with van der Waals surface area (Å²) in [4.78, 5) is 18.7. The van der Waals surface area contributed by atoms with Gasteiger partial charge in [-0.3, -0.25) is 4.79 Å². The zero-order valence-corrected chi connectivity index (χ0v) is 18.1. The van der Waals surface area contributed by atoms with Gasteiger partial charge < -0.3 is 9.32 Å². The minimum atomic E-state index is -0.0379. The predicted molar refractivity (Wildman–Crippen MR) is 114 cm³/mol. The third kappa shape index (κ3) is 6.22. The van der Waals surface area contributed by atoms with E-state index in [1.165, 1.54) is 5.56 Å². The fourth-order valence-electron chi connectivity index (χ4n) is 3.08. The fraction of sp³-hybridized carbons (Fsp3) is 0.455. The minimum Gasteiger partial charge on any atom is -0.425 e. The summed E-state index contributed by atoms with van der Waals surface area (Å²) < 4.78 is 5.71. The van der Waals surface area contributed by atoms with Gasteiger partial charge in [-0.15, -0.1) is 21.5 Å². The lowest BCUT2D eigenvalue weighted by Crippen LogP contribution is -2.29. The molecule has 3 rings (SSSR count). The Morgan fingerprint density at radius 1 is 1.10 bits per heavy atom. The molecule has 154 valence electrons. The molecule has 0 unspecified atom stereocenters. The van der Waals surface area contributed by atoms with Gasteiger partial charge in [-0.25, -0.2) is 4.98 Å². The van der Waals surface area contributed by atoms with E-state index in [2.05, 4.69) is 39.4 Å². The first kappa shape index (κ1) is 21.2. The molecule has 0 aliphatic carbocycles. The highest BCUT2D eigenvalue weighted by Gasteiger charge is 2.20. The van der Waals surface area contributed by atoms with Crippen molar-refractivity contribution < 1.29 is 9.21 Å². The van der Waals surface area contributed by atoms with Crippen LogP contribution in [0.2, 0.25) is 0 Å². The molecule has 0 N–H and O–H groups in total. The van der Waals surface area contributed by atoms with Crippen molar-refractivity contribution in [3.63, 3.8) is 0 Å². The Balaban J connectivity index is 1.39. The van der Waals surface area contributed by atoms with Gasteiger partial charge in [-0.2, -0.15) is 0 Å². The van der Waals surface area contributed by atoms with Crippen LogP contribution >= 0.6 is 11.3 Å². The lowest BCUT2D eigenvalue weighted by atomic mass is 10.1. The van der Waals surface area contributed by atoms with Gasteiger partial charge in [0.25, 0.3) is 0 Å². The molecule has 0 bridgehead atoms. The molecule has 6 nitrogen and oxygen atoms in total. The smallest absolute Gasteiger partial charge is 0.223 e. The molecule has 0 aliphatic heterocycles. The van der Waals surface area contributed by atoms with Crippen LogP contribution in [-0.4, -0.2) is 33.0 Å². The molecular formula is C22H28N4O2S. The van der Waals surface area contributed by atoms with Crippen LogP contribution in [-0.2, 0) is 24.1 Å². The van der Waals surface area contributed by atoms with Crippen LogP contribution in [0.15, 0.2) is 40.1 Å². The molecular weight excluding hydrogens is 384 g/mol. The maximum absolute atomic E-state index is 12.5. The summed E-state index contributed by atoms with van der Waals surface area (Å²) in [5.41, 5.74) is 2.34. The molecule has 1 amide bonds. The largest absolute Gasteiger partial charge is 0.425 e. The monoisotopic (exact) mass is 412 g/mol. The zero-order valence-electron chi connectivity index (χ0n) is 17.3. The van der Waals surface area contributed by atoms with Gasteiger partial charge in [-0.1, -0.05) is 30.3 Å². The van der Waals surface area contributed by atoms with E-state index in [1.54, 1.807) is 16.2 Å². The molecule has 0 aliphatic rings. The maximum atomic E-state index is 12.5. The molecule has 2 heterocycles. The summed E-state index contributed by atoms with van der Waals surface area (Å²) in [6, 6.07) is 10.4. The number of benzene rings is 1. The van der Waals surface area contributed by atoms with Crippen molar-refractivity contribution in [2.45, 2.75) is 58.4 Å². The first-order valence-corrected chi connectivity index (χ1v) is 10.9. The Kier molecular flexibility index (Phi) is 7.52. The molecule has 2 aromatic heterocycles. The molecule has 7 heteroatoms. The van der Waals surface area contributed by atoms with E-state index in [0.717, 1.165) is 36.4 Å². The Morgan fingerprint density at radius 2 is 1.79 bits per heavy atom. The van der Waals surface area contributed by atoms with Gasteiger partial charge >= 0.3 is 0 Å². The van der Waals surface area contributed by atoms with Crippen LogP contribution in [0.1, 0.15) is 60.3 Å². The predicted octanol–water partition coefficient (Wildman–Crippen LogP) is 4.55. The molecule has 0 saturated heterocycles. The van der Waals surface area contributed by atoms with E-state index in [0.29, 0.717) is 24.6 Å². The van der Waals surface area contributed by atoms with Crippen LogP contribution in [0.4, 0.5) is 0 Å². The van der Waals surface area contributed by atoms with Crippen molar-refractivity contribution in [1.82, 2.24) is 20.1 Å². The van der Waals surface area contributed by atoms with E-state index >= 15 is 0 Å². The van der Waals surface area contributed by atoms with Crippen molar-refractivity contribution in [3.05, 3.63) is 63.8 Å². The Hall–Kier alpha value is -2.54. The summed E-state index contributed by atoms with van der Waals surface area (Å²) in [6.45, 7) is 3.96. The number of thiazole rings is 1. The summed E-state index contributed by atoms with van der Waals surface area (Å²) >= 11 is 1.58. The molecule has 0 fully saturated rings. The summed E-state index contributed by atoms with van der Waals surface area (Å²) in [6.07, 6.45) is 4.72. The van der Waals surface area contributed by atoms with Crippen molar-refractivity contribution in [3.8, 4) is 0 Å². The van der Waals surface area contributed by atoms with E-state index < -0.39 is 0 Å². The molecule has 1 aromatic carbocycles. The average Bonchev–Trinajstić information content (AvgIpc) is 3.38. The standard InChI is InChI=1S/C22H28N4O2S/c1-16-15-29-22(23-16)17(2)26(3)21(27)14-13-20-25-24-19(28-20)12-8-7-11-18-9-5-4-6-10-18/h4-6,9-10,15,17H,7-8,11-14H2,1-3H3/t17-/m1/s1.